The normalized spacial score (nSPS) is 30.7. The standard InChI is InChI=1S/C17H31NO4S/c1-10-6-7-12(8-9-13(23)11(10)2)14(15(19)20)18-16(21)22-17(3,4)5/h10-14,23H,6-9H2,1-5H3,(H,18,21)(H,19,20)/t10?,11-,12-,13?,14+/m1/s1. The first-order valence-corrected chi connectivity index (χ1v) is 8.93. The first-order chi connectivity index (χ1) is 10.5. The highest BCUT2D eigenvalue weighted by Crippen LogP contribution is 2.34. The molecule has 2 N–H and O–H groups in total. The molecule has 0 heterocycles. The smallest absolute Gasteiger partial charge is 0.408 e. The zero-order chi connectivity index (χ0) is 17.8. The molecular weight excluding hydrogens is 314 g/mol. The number of carbonyl (C=O) groups is 2. The van der Waals surface area contributed by atoms with Crippen LogP contribution in [0.2, 0.25) is 0 Å². The topological polar surface area (TPSA) is 75.6 Å². The first-order valence-electron chi connectivity index (χ1n) is 8.41. The van der Waals surface area contributed by atoms with Crippen LogP contribution in [0.3, 0.4) is 0 Å². The highest BCUT2D eigenvalue weighted by atomic mass is 32.1. The number of hydrogen-bond acceptors (Lipinski definition) is 4. The minimum atomic E-state index is -1.00. The molecule has 0 saturated heterocycles. The van der Waals surface area contributed by atoms with Crippen LogP contribution >= 0.6 is 12.6 Å². The fourth-order valence-electron chi connectivity index (χ4n) is 3.06. The fraction of sp³-hybridized carbons (Fsp3) is 0.882. The van der Waals surface area contributed by atoms with Crippen LogP contribution in [0.1, 0.15) is 60.3 Å². The molecule has 0 aromatic rings. The van der Waals surface area contributed by atoms with Gasteiger partial charge in [-0.2, -0.15) is 12.6 Å². The van der Waals surface area contributed by atoms with E-state index in [2.05, 4.69) is 31.8 Å². The number of hydrogen-bond donors (Lipinski definition) is 3. The molecule has 0 aromatic heterocycles. The van der Waals surface area contributed by atoms with E-state index in [1.807, 2.05) is 0 Å². The van der Waals surface area contributed by atoms with E-state index in [0.29, 0.717) is 11.8 Å². The van der Waals surface area contributed by atoms with E-state index < -0.39 is 23.7 Å². The van der Waals surface area contributed by atoms with Crippen LogP contribution in [0.4, 0.5) is 4.79 Å². The van der Waals surface area contributed by atoms with E-state index in [0.717, 1.165) is 25.7 Å². The molecule has 1 saturated carbocycles. The molecule has 0 aromatic carbocycles. The Morgan fingerprint density at radius 3 is 2.26 bits per heavy atom. The number of carbonyl (C=O) groups excluding carboxylic acids is 1. The Labute approximate surface area is 145 Å². The van der Waals surface area contributed by atoms with E-state index in [4.69, 9.17) is 4.74 Å². The highest BCUT2D eigenvalue weighted by molar-refractivity contribution is 7.81. The predicted molar refractivity (Wildman–Crippen MR) is 93.9 cm³/mol. The third kappa shape index (κ3) is 6.61. The van der Waals surface area contributed by atoms with E-state index in [1.54, 1.807) is 20.8 Å². The SMILES string of the molecule is CC1CC[C@@H]([C@H](NC(=O)OC(C)(C)C)C(=O)O)CCC(S)[C@@H]1C. The summed E-state index contributed by atoms with van der Waals surface area (Å²) in [5.74, 6) is -0.0832. The second kappa shape index (κ2) is 8.27. The maximum Gasteiger partial charge on any atom is 0.408 e. The molecular formula is C17H31NO4S. The van der Waals surface area contributed by atoms with Crippen molar-refractivity contribution in [1.82, 2.24) is 5.32 Å². The quantitative estimate of drug-likeness (QED) is 0.681. The van der Waals surface area contributed by atoms with Gasteiger partial charge >= 0.3 is 12.1 Å². The zero-order valence-electron chi connectivity index (χ0n) is 14.8. The minimum Gasteiger partial charge on any atom is -0.480 e. The molecule has 0 aliphatic heterocycles. The Morgan fingerprint density at radius 2 is 1.74 bits per heavy atom. The Kier molecular flexibility index (Phi) is 7.24. The molecule has 0 radical (unpaired) electrons. The molecule has 0 bridgehead atoms. The van der Waals surface area contributed by atoms with Crippen LogP contribution < -0.4 is 5.32 Å². The lowest BCUT2D eigenvalue weighted by atomic mass is 9.78. The van der Waals surface area contributed by atoms with Gasteiger partial charge < -0.3 is 15.2 Å². The lowest BCUT2D eigenvalue weighted by Crippen LogP contribution is -2.48. The van der Waals surface area contributed by atoms with Crippen molar-refractivity contribution < 1.29 is 19.4 Å². The molecule has 134 valence electrons. The van der Waals surface area contributed by atoms with Gasteiger partial charge in [-0.1, -0.05) is 20.3 Å². The number of carboxylic acids is 1. The average molecular weight is 346 g/mol. The number of ether oxygens (including phenoxy) is 1. The molecule has 23 heavy (non-hydrogen) atoms. The minimum absolute atomic E-state index is 0.0929. The third-order valence-electron chi connectivity index (χ3n) is 4.74. The average Bonchev–Trinajstić information content (AvgIpc) is 2.40. The van der Waals surface area contributed by atoms with Gasteiger partial charge in [0.2, 0.25) is 0 Å². The number of nitrogens with one attached hydrogen (secondary N) is 1. The van der Waals surface area contributed by atoms with Crippen molar-refractivity contribution >= 4 is 24.7 Å². The van der Waals surface area contributed by atoms with Gasteiger partial charge in [-0.05, 0) is 57.8 Å². The molecule has 1 amide bonds. The molecule has 5 nitrogen and oxygen atoms in total. The van der Waals surface area contributed by atoms with Gasteiger partial charge in [-0.25, -0.2) is 9.59 Å². The zero-order valence-corrected chi connectivity index (χ0v) is 15.7. The van der Waals surface area contributed by atoms with E-state index in [1.165, 1.54) is 0 Å². The van der Waals surface area contributed by atoms with Crippen molar-refractivity contribution in [2.45, 2.75) is 77.2 Å². The molecule has 2 unspecified atom stereocenters. The van der Waals surface area contributed by atoms with Crippen LogP contribution in [0, 0.1) is 17.8 Å². The van der Waals surface area contributed by atoms with E-state index in [-0.39, 0.29) is 11.2 Å². The summed E-state index contributed by atoms with van der Waals surface area (Å²) in [4.78, 5) is 23.6. The maximum absolute atomic E-state index is 11.9. The summed E-state index contributed by atoms with van der Waals surface area (Å²) in [6, 6.07) is -0.911. The van der Waals surface area contributed by atoms with Crippen molar-refractivity contribution in [1.29, 1.82) is 0 Å². The second-order valence-corrected chi connectivity index (χ2v) is 8.44. The predicted octanol–water partition coefficient (Wildman–Crippen LogP) is 3.73. The highest BCUT2D eigenvalue weighted by Gasteiger charge is 2.34. The van der Waals surface area contributed by atoms with Gasteiger partial charge in [0, 0.05) is 5.25 Å². The Hall–Kier alpha value is -0.910. The summed E-state index contributed by atoms with van der Waals surface area (Å²) in [6.45, 7) is 9.66. The summed E-state index contributed by atoms with van der Waals surface area (Å²) in [6.07, 6.45) is 2.68. The third-order valence-corrected chi connectivity index (χ3v) is 5.47. The number of alkyl carbamates (subject to hydrolysis) is 1. The lowest BCUT2D eigenvalue weighted by Gasteiger charge is -2.34. The van der Waals surface area contributed by atoms with E-state index >= 15 is 0 Å². The van der Waals surface area contributed by atoms with Gasteiger partial charge in [0.15, 0.2) is 0 Å². The van der Waals surface area contributed by atoms with E-state index in [9.17, 15) is 14.7 Å². The van der Waals surface area contributed by atoms with Gasteiger partial charge in [0.25, 0.3) is 0 Å². The molecule has 0 spiro atoms. The molecule has 1 fully saturated rings. The number of carboxylic acid groups (broad SMARTS) is 1. The summed E-state index contributed by atoms with van der Waals surface area (Å²) < 4.78 is 5.20. The largest absolute Gasteiger partial charge is 0.480 e. The van der Waals surface area contributed by atoms with Crippen LogP contribution in [0.25, 0.3) is 0 Å². The Morgan fingerprint density at radius 1 is 1.17 bits per heavy atom. The molecule has 6 heteroatoms. The molecule has 1 aliphatic rings. The van der Waals surface area contributed by atoms with Gasteiger partial charge in [0.1, 0.15) is 11.6 Å². The fourth-order valence-corrected chi connectivity index (χ4v) is 3.50. The summed E-state index contributed by atoms with van der Waals surface area (Å²) in [5, 5.41) is 12.3. The lowest BCUT2D eigenvalue weighted by molar-refractivity contribution is -0.141. The number of thiol groups is 1. The van der Waals surface area contributed by atoms with Crippen LogP contribution in [-0.2, 0) is 9.53 Å². The Bertz CT molecular complexity index is 407. The second-order valence-electron chi connectivity index (χ2n) is 7.78. The van der Waals surface area contributed by atoms with Crippen LogP contribution in [0.5, 0.6) is 0 Å². The monoisotopic (exact) mass is 345 g/mol. The Balaban J connectivity index is 2.76. The van der Waals surface area contributed by atoms with Gasteiger partial charge in [0.05, 0.1) is 0 Å². The van der Waals surface area contributed by atoms with Gasteiger partial charge in [-0.15, -0.1) is 0 Å². The summed E-state index contributed by atoms with van der Waals surface area (Å²) in [7, 11) is 0. The van der Waals surface area contributed by atoms with Crippen molar-refractivity contribution in [3.63, 3.8) is 0 Å². The molecule has 1 rings (SSSR count). The first kappa shape index (κ1) is 20.1. The number of amides is 1. The van der Waals surface area contributed by atoms with Crippen molar-refractivity contribution in [3.8, 4) is 0 Å². The van der Waals surface area contributed by atoms with Crippen LogP contribution in [0.15, 0.2) is 0 Å². The molecule has 1 aliphatic carbocycles. The van der Waals surface area contributed by atoms with Crippen molar-refractivity contribution in [2.24, 2.45) is 17.8 Å². The summed E-state index contributed by atoms with van der Waals surface area (Å²) >= 11 is 4.66. The summed E-state index contributed by atoms with van der Waals surface area (Å²) in [5.41, 5.74) is -0.645. The number of aliphatic carboxylic acids is 1. The van der Waals surface area contributed by atoms with Crippen molar-refractivity contribution in [3.05, 3.63) is 0 Å². The van der Waals surface area contributed by atoms with Gasteiger partial charge in [-0.3, -0.25) is 0 Å². The maximum atomic E-state index is 11.9. The number of rotatable bonds is 3. The van der Waals surface area contributed by atoms with Crippen LogP contribution in [-0.4, -0.2) is 34.1 Å². The van der Waals surface area contributed by atoms with Crippen molar-refractivity contribution in [2.75, 3.05) is 0 Å². The molecule has 5 atom stereocenters.